The summed E-state index contributed by atoms with van der Waals surface area (Å²) in [5, 5.41) is 22.0. The number of hydrogen-bond donors (Lipinski definition) is 1. The van der Waals surface area contributed by atoms with Crippen molar-refractivity contribution in [2.24, 2.45) is 0 Å². The highest BCUT2D eigenvalue weighted by Crippen LogP contribution is 2.37. The fourth-order valence-electron chi connectivity index (χ4n) is 2.39. The van der Waals surface area contributed by atoms with Gasteiger partial charge >= 0.3 is 5.69 Å². The largest absolute Gasteiger partial charge is 0.500 e. The van der Waals surface area contributed by atoms with E-state index in [2.05, 4.69) is 0 Å². The number of nitrogens with zero attached hydrogens (tertiary/aromatic N) is 1. The molecule has 8 heteroatoms. The summed E-state index contributed by atoms with van der Waals surface area (Å²) in [6, 6.07) is 9.07. The van der Waals surface area contributed by atoms with Crippen molar-refractivity contribution in [2.75, 3.05) is 7.11 Å². The van der Waals surface area contributed by atoms with E-state index in [9.17, 15) is 20.0 Å². The Bertz CT molecular complexity index is 1050. The van der Waals surface area contributed by atoms with Crippen molar-refractivity contribution in [2.45, 2.75) is 0 Å². The molecule has 2 aromatic carbocycles. The number of ketones is 1. The van der Waals surface area contributed by atoms with E-state index in [1.165, 1.54) is 25.3 Å². The molecule has 0 fully saturated rings. The van der Waals surface area contributed by atoms with Gasteiger partial charge in [0, 0.05) is 16.5 Å². The molecule has 3 aromatic rings. The van der Waals surface area contributed by atoms with E-state index in [-0.39, 0.29) is 11.5 Å². The summed E-state index contributed by atoms with van der Waals surface area (Å²) < 4.78 is 10.4. The number of fused-ring (bicyclic) bond motifs is 1. The Hall–Kier alpha value is -3.32. The maximum Gasteiger partial charge on any atom is 0.315 e. The zero-order valence-electron chi connectivity index (χ0n) is 13.4. The number of allylic oxidation sites excluding steroid dienone is 1. The number of ether oxygens (including phenoxy) is 1. The first kappa shape index (κ1) is 17.5. The molecule has 0 bridgehead atoms. The van der Waals surface area contributed by atoms with Crippen LogP contribution in [0.4, 0.5) is 5.69 Å². The number of phenols is 1. The van der Waals surface area contributed by atoms with E-state index in [4.69, 9.17) is 20.8 Å². The molecular formula is C18H12ClNO6. The van der Waals surface area contributed by atoms with Crippen molar-refractivity contribution in [3.63, 3.8) is 0 Å². The molecule has 0 aliphatic carbocycles. The third-order valence-corrected chi connectivity index (χ3v) is 3.88. The Labute approximate surface area is 152 Å². The van der Waals surface area contributed by atoms with Gasteiger partial charge in [0.25, 0.3) is 0 Å². The van der Waals surface area contributed by atoms with Crippen molar-refractivity contribution < 1.29 is 24.0 Å². The molecule has 0 unspecified atom stereocenters. The van der Waals surface area contributed by atoms with E-state index in [1.807, 2.05) is 0 Å². The summed E-state index contributed by atoms with van der Waals surface area (Å²) in [5.74, 6) is -0.953. The third kappa shape index (κ3) is 3.38. The standard InChI is InChI=1S/C18H12ClNO6/c1-25-17-7-10(6-13(18(17)22)20(23)24)2-4-14(21)16-9-11-8-12(19)3-5-15(11)26-16/h2-9,22H,1H3/b4-2+. The number of methoxy groups -OCH3 is 1. The number of aromatic hydroxyl groups is 1. The predicted octanol–water partition coefficient (Wildman–Crippen LogP) is 4.60. The lowest BCUT2D eigenvalue weighted by Gasteiger charge is -2.05. The Balaban J connectivity index is 1.92. The first-order chi connectivity index (χ1) is 12.4. The number of halogens is 1. The minimum absolute atomic E-state index is 0.0651. The number of nitro benzene ring substituents is 1. The van der Waals surface area contributed by atoms with Gasteiger partial charge in [-0.1, -0.05) is 17.7 Å². The third-order valence-electron chi connectivity index (χ3n) is 3.64. The van der Waals surface area contributed by atoms with Gasteiger partial charge in [0.2, 0.25) is 11.5 Å². The second kappa shape index (κ2) is 6.89. The quantitative estimate of drug-likeness (QED) is 0.303. The lowest BCUT2D eigenvalue weighted by Crippen LogP contribution is -1.94. The maximum atomic E-state index is 12.3. The van der Waals surface area contributed by atoms with Crippen molar-refractivity contribution in [1.29, 1.82) is 0 Å². The van der Waals surface area contributed by atoms with Gasteiger partial charge < -0.3 is 14.3 Å². The summed E-state index contributed by atoms with van der Waals surface area (Å²) in [4.78, 5) is 22.6. The average Bonchev–Trinajstić information content (AvgIpc) is 3.03. The number of hydrogen-bond acceptors (Lipinski definition) is 6. The summed E-state index contributed by atoms with van der Waals surface area (Å²) in [5.41, 5.74) is 0.321. The van der Waals surface area contributed by atoms with Gasteiger partial charge in [-0.25, -0.2) is 0 Å². The highest BCUT2D eigenvalue weighted by molar-refractivity contribution is 6.31. The fourth-order valence-corrected chi connectivity index (χ4v) is 2.58. The molecule has 26 heavy (non-hydrogen) atoms. The second-order valence-electron chi connectivity index (χ2n) is 5.34. The molecule has 3 rings (SSSR count). The number of rotatable bonds is 5. The molecule has 0 amide bonds. The number of carbonyl (C=O) groups is 1. The Morgan fingerprint density at radius 2 is 2.08 bits per heavy atom. The van der Waals surface area contributed by atoms with Gasteiger partial charge in [0.05, 0.1) is 12.0 Å². The number of phenolic OH excluding ortho intramolecular Hbond substituents is 1. The highest BCUT2D eigenvalue weighted by atomic mass is 35.5. The fraction of sp³-hybridized carbons (Fsp3) is 0.0556. The molecule has 1 N–H and O–H groups in total. The van der Waals surface area contributed by atoms with E-state index < -0.39 is 22.1 Å². The van der Waals surface area contributed by atoms with Crippen LogP contribution < -0.4 is 4.74 Å². The first-order valence-corrected chi connectivity index (χ1v) is 7.73. The second-order valence-corrected chi connectivity index (χ2v) is 5.77. The van der Waals surface area contributed by atoms with Gasteiger partial charge in [-0.05, 0) is 42.0 Å². The van der Waals surface area contributed by atoms with Gasteiger partial charge in [-0.2, -0.15) is 0 Å². The van der Waals surface area contributed by atoms with Crippen molar-refractivity contribution >= 4 is 40.1 Å². The molecular weight excluding hydrogens is 362 g/mol. The van der Waals surface area contributed by atoms with Crippen molar-refractivity contribution in [3.05, 3.63) is 68.9 Å². The molecule has 7 nitrogen and oxygen atoms in total. The first-order valence-electron chi connectivity index (χ1n) is 7.36. The molecule has 0 radical (unpaired) electrons. The number of nitro groups is 1. The molecule has 0 atom stereocenters. The van der Waals surface area contributed by atoms with Gasteiger partial charge in [-0.15, -0.1) is 0 Å². The number of carbonyl (C=O) groups excluding carboxylic acids is 1. The normalized spacial score (nSPS) is 11.2. The topological polar surface area (TPSA) is 103 Å². The number of benzene rings is 2. The van der Waals surface area contributed by atoms with E-state index >= 15 is 0 Å². The lowest BCUT2D eigenvalue weighted by molar-refractivity contribution is -0.386. The summed E-state index contributed by atoms with van der Waals surface area (Å²) >= 11 is 5.90. The minimum Gasteiger partial charge on any atom is -0.500 e. The monoisotopic (exact) mass is 373 g/mol. The summed E-state index contributed by atoms with van der Waals surface area (Å²) in [7, 11) is 1.27. The van der Waals surface area contributed by atoms with Crippen LogP contribution in [-0.2, 0) is 0 Å². The molecule has 0 saturated carbocycles. The van der Waals surface area contributed by atoms with Crippen LogP contribution in [0.15, 0.2) is 46.9 Å². The van der Waals surface area contributed by atoms with Crippen LogP contribution in [0.25, 0.3) is 17.0 Å². The van der Waals surface area contributed by atoms with Crippen LogP contribution in [0.5, 0.6) is 11.5 Å². The van der Waals surface area contributed by atoms with Gasteiger partial charge in [0.1, 0.15) is 5.58 Å². The van der Waals surface area contributed by atoms with Crippen molar-refractivity contribution in [3.8, 4) is 11.5 Å². The summed E-state index contributed by atoms with van der Waals surface area (Å²) in [6.07, 6.45) is 2.59. The molecule has 1 heterocycles. The van der Waals surface area contributed by atoms with E-state index in [0.29, 0.717) is 21.6 Å². The van der Waals surface area contributed by atoms with Gasteiger partial charge in [-0.3, -0.25) is 14.9 Å². The highest BCUT2D eigenvalue weighted by Gasteiger charge is 2.19. The Morgan fingerprint density at radius 1 is 1.31 bits per heavy atom. The molecule has 132 valence electrons. The van der Waals surface area contributed by atoms with Crippen LogP contribution in [0.3, 0.4) is 0 Å². The molecule has 0 aliphatic heterocycles. The Morgan fingerprint density at radius 3 is 2.77 bits per heavy atom. The smallest absolute Gasteiger partial charge is 0.315 e. The van der Waals surface area contributed by atoms with Crippen LogP contribution in [0, 0.1) is 10.1 Å². The summed E-state index contributed by atoms with van der Waals surface area (Å²) in [6.45, 7) is 0. The molecule has 0 saturated heterocycles. The van der Waals surface area contributed by atoms with Crippen molar-refractivity contribution in [1.82, 2.24) is 0 Å². The average molecular weight is 374 g/mol. The molecule has 0 aliphatic rings. The molecule has 1 aromatic heterocycles. The van der Waals surface area contributed by atoms with Crippen LogP contribution in [-0.4, -0.2) is 22.9 Å². The predicted molar refractivity (Wildman–Crippen MR) is 95.9 cm³/mol. The maximum absolute atomic E-state index is 12.3. The van der Waals surface area contributed by atoms with Crippen LogP contribution in [0.1, 0.15) is 16.1 Å². The number of furan rings is 1. The molecule has 0 spiro atoms. The lowest BCUT2D eigenvalue weighted by atomic mass is 10.1. The SMILES string of the molecule is COc1cc(/C=C/C(=O)c2cc3cc(Cl)ccc3o2)cc([N+](=O)[O-])c1O. The van der Waals surface area contributed by atoms with E-state index in [0.717, 1.165) is 6.07 Å². The van der Waals surface area contributed by atoms with Crippen LogP contribution >= 0.6 is 11.6 Å². The zero-order chi connectivity index (χ0) is 18.8. The van der Waals surface area contributed by atoms with Gasteiger partial charge in [0.15, 0.2) is 11.5 Å². The van der Waals surface area contributed by atoms with Crippen LogP contribution in [0.2, 0.25) is 5.02 Å². The Kier molecular flexibility index (Phi) is 4.64. The minimum atomic E-state index is -0.736. The zero-order valence-corrected chi connectivity index (χ0v) is 14.2. The van der Waals surface area contributed by atoms with E-state index in [1.54, 1.807) is 24.3 Å².